The molecule has 1 aromatic rings. The van der Waals surface area contributed by atoms with Crippen molar-refractivity contribution in [3.05, 3.63) is 23.9 Å². The molecule has 0 aromatic carbocycles. The summed E-state index contributed by atoms with van der Waals surface area (Å²) in [6.45, 7) is 2.22. The Labute approximate surface area is 192 Å². The summed E-state index contributed by atoms with van der Waals surface area (Å²) in [6, 6.07) is 3.11. The lowest BCUT2D eigenvalue weighted by Crippen LogP contribution is -2.46. The molecule has 0 spiro atoms. The van der Waals surface area contributed by atoms with E-state index in [2.05, 4.69) is 24.9 Å². The highest BCUT2D eigenvalue weighted by molar-refractivity contribution is 14.0. The molecule has 0 saturated carbocycles. The number of nitrogens with one attached hydrogen (secondary N) is 1. The molecule has 11 heteroatoms. The van der Waals surface area contributed by atoms with Crippen LogP contribution in [-0.4, -0.2) is 75.2 Å². The van der Waals surface area contributed by atoms with Crippen LogP contribution < -0.4 is 10.1 Å². The summed E-state index contributed by atoms with van der Waals surface area (Å²) in [5.74, 6) is 0.725. The van der Waals surface area contributed by atoms with Crippen LogP contribution in [0.2, 0.25) is 0 Å². The molecule has 0 amide bonds. The Morgan fingerprint density at radius 3 is 2.57 bits per heavy atom. The molecule has 0 atom stereocenters. The third kappa shape index (κ3) is 10.1. The maximum absolute atomic E-state index is 12.2. The van der Waals surface area contributed by atoms with Crippen LogP contribution in [0.5, 0.6) is 5.88 Å². The minimum atomic E-state index is -4.38. The standard InChI is InChI=1S/C19H29F3N4O3.HI/c1-23-18(26-8-6-16(7-9-26)28-11-3-10-27-2)25-13-15-4-5-17(24-12-15)29-14-19(20,21)22;/h4-5,12,16H,3,6-11,13-14H2,1-2H3,(H,23,25);1H. The smallest absolute Gasteiger partial charge is 0.422 e. The summed E-state index contributed by atoms with van der Waals surface area (Å²) in [7, 11) is 3.41. The Balaban J connectivity index is 0.00000450. The SMILES string of the molecule is CN=C(NCc1ccc(OCC(F)(F)F)nc1)N1CCC(OCCCOC)CC1.I. The van der Waals surface area contributed by atoms with Crippen LogP contribution in [0.25, 0.3) is 0 Å². The zero-order valence-electron chi connectivity index (χ0n) is 17.3. The van der Waals surface area contributed by atoms with E-state index in [0.717, 1.165) is 43.9 Å². The predicted molar refractivity (Wildman–Crippen MR) is 118 cm³/mol. The van der Waals surface area contributed by atoms with Crippen molar-refractivity contribution in [3.63, 3.8) is 0 Å². The molecule has 0 unspecified atom stereocenters. The molecule has 0 bridgehead atoms. The average Bonchev–Trinajstić information content (AvgIpc) is 2.71. The number of nitrogens with zero attached hydrogens (tertiary/aromatic N) is 3. The predicted octanol–water partition coefficient (Wildman–Crippen LogP) is 3.23. The van der Waals surface area contributed by atoms with Crippen molar-refractivity contribution in [1.82, 2.24) is 15.2 Å². The van der Waals surface area contributed by atoms with Gasteiger partial charge in [0.25, 0.3) is 0 Å². The molecule has 2 rings (SSSR count). The van der Waals surface area contributed by atoms with Crippen molar-refractivity contribution in [2.24, 2.45) is 4.99 Å². The summed E-state index contributed by atoms with van der Waals surface area (Å²) in [5, 5.41) is 3.26. The van der Waals surface area contributed by atoms with Gasteiger partial charge in [0.15, 0.2) is 12.6 Å². The molecule has 30 heavy (non-hydrogen) atoms. The first kappa shape index (κ1) is 26.7. The van der Waals surface area contributed by atoms with Gasteiger partial charge in [-0.25, -0.2) is 4.98 Å². The summed E-state index contributed by atoms with van der Waals surface area (Å²) in [5.41, 5.74) is 0.821. The number of likely N-dealkylation sites (tertiary alicyclic amines) is 1. The number of aliphatic imine (C=N–C) groups is 1. The van der Waals surface area contributed by atoms with Gasteiger partial charge < -0.3 is 24.4 Å². The van der Waals surface area contributed by atoms with Crippen LogP contribution in [0.3, 0.4) is 0 Å². The highest BCUT2D eigenvalue weighted by Gasteiger charge is 2.28. The topological polar surface area (TPSA) is 68.2 Å². The first-order chi connectivity index (χ1) is 13.9. The number of aromatic nitrogens is 1. The van der Waals surface area contributed by atoms with Crippen LogP contribution >= 0.6 is 24.0 Å². The largest absolute Gasteiger partial charge is 0.468 e. The zero-order valence-corrected chi connectivity index (χ0v) is 19.6. The number of guanidine groups is 1. The molecule has 1 aromatic heterocycles. The molecule has 172 valence electrons. The van der Waals surface area contributed by atoms with Crippen LogP contribution in [0, 0.1) is 0 Å². The van der Waals surface area contributed by atoms with E-state index in [9.17, 15) is 13.2 Å². The third-order valence-corrected chi connectivity index (χ3v) is 4.43. The number of alkyl halides is 3. The number of hydrogen-bond donors (Lipinski definition) is 1. The van der Waals surface area contributed by atoms with Crippen molar-refractivity contribution in [2.75, 3.05) is 47.1 Å². The molecule has 1 aliphatic rings. The highest BCUT2D eigenvalue weighted by atomic mass is 127. The Hall–Kier alpha value is -1.34. The van der Waals surface area contributed by atoms with Crippen molar-refractivity contribution in [1.29, 1.82) is 0 Å². The molecule has 7 nitrogen and oxygen atoms in total. The van der Waals surface area contributed by atoms with Gasteiger partial charge in [-0.2, -0.15) is 13.2 Å². The molecule has 2 heterocycles. The monoisotopic (exact) mass is 546 g/mol. The van der Waals surface area contributed by atoms with E-state index in [1.807, 2.05) is 0 Å². The normalized spacial score (nSPS) is 15.6. The Morgan fingerprint density at radius 1 is 1.27 bits per heavy atom. The quantitative estimate of drug-likeness (QED) is 0.222. The number of methoxy groups -OCH3 is 1. The number of hydrogen-bond acceptors (Lipinski definition) is 5. The fourth-order valence-corrected chi connectivity index (χ4v) is 2.96. The van der Waals surface area contributed by atoms with Crippen molar-refractivity contribution in [3.8, 4) is 5.88 Å². The fraction of sp³-hybridized carbons (Fsp3) is 0.684. The minimum Gasteiger partial charge on any atom is -0.468 e. The molecule has 1 fully saturated rings. The lowest BCUT2D eigenvalue weighted by Gasteiger charge is -2.34. The molecular weight excluding hydrogens is 516 g/mol. The van der Waals surface area contributed by atoms with E-state index in [0.29, 0.717) is 19.8 Å². The van der Waals surface area contributed by atoms with E-state index in [1.54, 1.807) is 20.2 Å². The maximum atomic E-state index is 12.2. The molecule has 1 N–H and O–H groups in total. The summed E-state index contributed by atoms with van der Waals surface area (Å²) >= 11 is 0. The van der Waals surface area contributed by atoms with Crippen LogP contribution in [0.4, 0.5) is 13.2 Å². The first-order valence-corrected chi connectivity index (χ1v) is 9.62. The minimum absolute atomic E-state index is 0. The zero-order chi connectivity index (χ0) is 21.1. The fourth-order valence-electron chi connectivity index (χ4n) is 2.96. The van der Waals surface area contributed by atoms with E-state index in [4.69, 9.17) is 9.47 Å². The van der Waals surface area contributed by atoms with E-state index >= 15 is 0 Å². The summed E-state index contributed by atoms with van der Waals surface area (Å²) in [4.78, 5) is 10.4. The number of rotatable bonds is 9. The van der Waals surface area contributed by atoms with Crippen LogP contribution in [0.15, 0.2) is 23.3 Å². The van der Waals surface area contributed by atoms with E-state index in [1.165, 1.54) is 12.3 Å². The second-order valence-electron chi connectivity index (χ2n) is 6.71. The Bertz CT molecular complexity index is 624. The van der Waals surface area contributed by atoms with Gasteiger partial charge in [-0.1, -0.05) is 6.07 Å². The van der Waals surface area contributed by atoms with Crippen LogP contribution in [0.1, 0.15) is 24.8 Å². The Morgan fingerprint density at radius 2 is 2.00 bits per heavy atom. The molecule has 1 aliphatic heterocycles. The molecular formula is C19H30F3IN4O3. The lowest BCUT2D eigenvalue weighted by atomic mass is 10.1. The molecule has 0 aliphatic carbocycles. The van der Waals surface area contributed by atoms with Gasteiger partial charge in [-0.3, -0.25) is 4.99 Å². The number of halogens is 4. The van der Waals surface area contributed by atoms with Gasteiger partial charge >= 0.3 is 6.18 Å². The number of ether oxygens (including phenoxy) is 3. The number of piperidine rings is 1. The van der Waals surface area contributed by atoms with Crippen molar-refractivity contribution >= 4 is 29.9 Å². The van der Waals surface area contributed by atoms with Crippen molar-refractivity contribution < 1.29 is 27.4 Å². The second-order valence-corrected chi connectivity index (χ2v) is 6.71. The highest BCUT2D eigenvalue weighted by Crippen LogP contribution is 2.17. The first-order valence-electron chi connectivity index (χ1n) is 9.62. The summed E-state index contributed by atoms with van der Waals surface area (Å²) < 4.78 is 52.0. The Kier molecular flexibility index (Phi) is 12.3. The number of pyridine rings is 1. The van der Waals surface area contributed by atoms with Crippen LogP contribution in [-0.2, 0) is 16.0 Å². The average molecular weight is 546 g/mol. The lowest BCUT2D eigenvalue weighted by molar-refractivity contribution is -0.154. The maximum Gasteiger partial charge on any atom is 0.422 e. The van der Waals surface area contributed by atoms with E-state index < -0.39 is 12.8 Å². The molecule has 0 radical (unpaired) electrons. The third-order valence-electron chi connectivity index (χ3n) is 4.43. The van der Waals surface area contributed by atoms with Gasteiger partial charge in [0.2, 0.25) is 5.88 Å². The van der Waals surface area contributed by atoms with Gasteiger partial charge in [-0.15, -0.1) is 24.0 Å². The second kappa shape index (κ2) is 13.9. The molecule has 1 saturated heterocycles. The van der Waals surface area contributed by atoms with E-state index in [-0.39, 0.29) is 36.0 Å². The van der Waals surface area contributed by atoms with Gasteiger partial charge in [0.1, 0.15) is 0 Å². The van der Waals surface area contributed by atoms with Gasteiger partial charge in [-0.05, 0) is 24.8 Å². The van der Waals surface area contributed by atoms with Crippen molar-refractivity contribution in [2.45, 2.75) is 38.1 Å². The summed E-state index contributed by atoms with van der Waals surface area (Å²) in [6.07, 6.45) is 0.132. The van der Waals surface area contributed by atoms with Gasteiger partial charge in [0, 0.05) is 59.3 Å². The van der Waals surface area contributed by atoms with Gasteiger partial charge in [0.05, 0.1) is 6.10 Å².